The quantitative estimate of drug-likeness (QED) is 0.447. The van der Waals surface area contributed by atoms with Crippen LogP contribution >= 0.6 is 0 Å². The third-order valence-electron chi connectivity index (χ3n) is 10.7. The van der Waals surface area contributed by atoms with Crippen molar-refractivity contribution >= 4 is 15.9 Å². The Balaban J connectivity index is 1.07. The summed E-state index contributed by atoms with van der Waals surface area (Å²) in [4.78, 5) is 29.3. The number of carbonyl (C=O) groups excluding carboxylic acids is 1. The number of benzene rings is 1. The molecule has 3 aliphatic heterocycles. The van der Waals surface area contributed by atoms with E-state index in [-0.39, 0.29) is 16.7 Å². The Bertz CT molecular complexity index is 1350. The van der Waals surface area contributed by atoms with Gasteiger partial charge in [-0.05, 0) is 77.7 Å². The van der Waals surface area contributed by atoms with Crippen molar-refractivity contribution in [3.63, 3.8) is 0 Å². The molecule has 0 unspecified atom stereocenters. The third kappa shape index (κ3) is 6.53. The second-order valence-electron chi connectivity index (χ2n) is 13.5. The lowest BCUT2D eigenvalue weighted by Crippen LogP contribution is -2.59. The van der Waals surface area contributed by atoms with Crippen molar-refractivity contribution in [3.05, 3.63) is 59.2 Å². The van der Waals surface area contributed by atoms with Crippen LogP contribution in [0.3, 0.4) is 0 Å². The van der Waals surface area contributed by atoms with Crippen LogP contribution in [0, 0.1) is 13.8 Å². The number of aromatic nitrogens is 2. The van der Waals surface area contributed by atoms with Crippen LogP contribution in [0.1, 0.15) is 85.6 Å². The molecule has 4 heterocycles. The van der Waals surface area contributed by atoms with Gasteiger partial charge in [-0.3, -0.25) is 14.6 Å². The Morgan fingerprint density at radius 3 is 1.98 bits per heavy atom. The van der Waals surface area contributed by atoms with Gasteiger partial charge in [0, 0.05) is 63.4 Å². The fourth-order valence-corrected chi connectivity index (χ4v) is 9.53. The summed E-state index contributed by atoms with van der Waals surface area (Å²) in [6.07, 6.45) is 9.18. The molecule has 43 heavy (non-hydrogen) atoms. The lowest BCUT2D eigenvalue weighted by Gasteiger charge is -2.51. The molecule has 0 N–H and O–H groups in total. The number of nitrogens with zero attached hydrogens (tertiary/aromatic N) is 6. The summed E-state index contributed by atoms with van der Waals surface area (Å²) in [5.41, 5.74) is 3.58. The molecule has 4 fully saturated rings. The highest BCUT2D eigenvalue weighted by atomic mass is 32.2. The van der Waals surface area contributed by atoms with E-state index in [9.17, 15) is 13.2 Å². The van der Waals surface area contributed by atoms with E-state index >= 15 is 0 Å². The number of sulfonamides is 1. The van der Waals surface area contributed by atoms with Gasteiger partial charge in [0.25, 0.3) is 5.91 Å². The Labute approximate surface area is 257 Å². The number of piperidine rings is 3. The first-order valence-electron chi connectivity index (χ1n) is 16.3. The van der Waals surface area contributed by atoms with Gasteiger partial charge in [0.1, 0.15) is 6.33 Å². The second-order valence-corrected chi connectivity index (χ2v) is 15.7. The molecule has 234 valence electrons. The molecule has 0 spiro atoms. The van der Waals surface area contributed by atoms with Gasteiger partial charge >= 0.3 is 0 Å². The smallest absolute Gasteiger partial charge is 0.257 e. The molecule has 3 saturated heterocycles. The SMILES string of the molecule is Cc1ncnc(C)c1C(=O)N1CCC(C)(N2CCC(N(Cc3ccccc3)C3CCN(S(=O)(=O)C4CC4)CC3)CC2)CC1. The summed E-state index contributed by atoms with van der Waals surface area (Å²) in [5.74, 6) is 0.0592. The summed E-state index contributed by atoms with van der Waals surface area (Å²) in [7, 11) is -3.10. The third-order valence-corrected chi connectivity index (χ3v) is 13.1. The number of aryl methyl sites for hydroxylation is 2. The zero-order valence-electron chi connectivity index (χ0n) is 26.1. The molecule has 6 rings (SSSR count). The average molecular weight is 609 g/mol. The predicted octanol–water partition coefficient (Wildman–Crippen LogP) is 4.01. The molecule has 1 saturated carbocycles. The zero-order valence-corrected chi connectivity index (χ0v) is 26.9. The number of carbonyl (C=O) groups is 1. The average Bonchev–Trinajstić information content (AvgIpc) is 3.88. The summed E-state index contributed by atoms with van der Waals surface area (Å²) in [6.45, 7) is 12.0. The number of hydrogen-bond acceptors (Lipinski definition) is 7. The fourth-order valence-electron chi connectivity index (χ4n) is 7.66. The highest BCUT2D eigenvalue weighted by Crippen LogP contribution is 2.36. The molecule has 1 aliphatic carbocycles. The largest absolute Gasteiger partial charge is 0.338 e. The number of amides is 1. The number of rotatable bonds is 8. The van der Waals surface area contributed by atoms with Crippen LogP contribution < -0.4 is 0 Å². The van der Waals surface area contributed by atoms with E-state index in [0.717, 1.165) is 95.5 Å². The lowest BCUT2D eigenvalue weighted by molar-refractivity contribution is -0.0118. The number of hydrogen-bond donors (Lipinski definition) is 0. The second kappa shape index (κ2) is 12.5. The van der Waals surface area contributed by atoms with E-state index in [2.05, 4.69) is 57.0 Å². The lowest BCUT2D eigenvalue weighted by atomic mass is 9.84. The van der Waals surface area contributed by atoms with Crippen LogP contribution in [0.5, 0.6) is 0 Å². The van der Waals surface area contributed by atoms with Crippen LogP contribution in [0.2, 0.25) is 0 Å². The van der Waals surface area contributed by atoms with Gasteiger partial charge in [0.15, 0.2) is 0 Å². The minimum absolute atomic E-state index is 0.0592. The van der Waals surface area contributed by atoms with Gasteiger partial charge in [0.2, 0.25) is 10.0 Å². The van der Waals surface area contributed by atoms with Gasteiger partial charge in [-0.2, -0.15) is 0 Å². The monoisotopic (exact) mass is 608 g/mol. The topological polar surface area (TPSA) is 90.0 Å². The van der Waals surface area contributed by atoms with Crippen molar-refractivity contribution < 1.29 is 13.2 Å². The molecule has 9 nitrogen and oxygen atoms in total. The maximum atomic E-state index is 13.3. The van der Waals surface area contributed by atoms with Gasteiger partial charge in [-0.15, -0.1) is 0 Å². The first kappa shape index (κ1) is 30.6. The molecule has 1 aromatic carbocycles. The normalized spacial score (nSPS) is 23.1. The Morgan fingerprint density at radius 1 is 0.860 bits per heavy atom. The van der Waals surface area contributed by atoms with E-state index in [4.69, 9.17) is 0 Å². The predicted molar refractivity (Wildman–Crippen MR) is 168 cm³/mol. The molecule has 10 heteroatoms. The zero-order chi connectivity index (χ0) is 30.2. The number of likely N-dealkylation sites (tertiary alicyclic amines) is 2. The Hall–Kier alpha value is -2.40. The summed E-state index contributed by atoms with van der Waals surface area (Å²) in [6, 6.07) is 11.6. The van der Waals surface area contributed by atoms with Gasteiger partial charge in [-0.1, -0.05) is 30.3 Å². The standard InChI is InChI=1S/C33H48N6O3S/c1-25-31(26(2)35-24-34-25)32(40)36-21-15-33(3,16-22-36)37-17-11-28(12-18-37)39(23-27-7-5-4-6-8-27)29-13-19-38(20-14-29)43(41,42)30-9-10-30/h4-8,24,28-30H,9-23H2,1-3H3. The molecule has 0 radical (unpaired) electrons. The van der Waals surface area contributed by atoms with Crippen molar-refractivity contribution in [1.82, 2.24) is 29.0 Å². The molecule has 0 bridgehead atoms. The maximum Gasteiger partial charge on any atom is 0.257 e. The van der Waals surface area contributed by atoms with Crippen LogP contribution in [0.4, 0.5) is 0 Å². The van der Waals surface area contributed by atoms with Crippen molar-refractivity contribution in [2.45, 2.75) is 102 Å². The minimum atomic E-state index is -3.10. The molecule has 2 aromatic rings. The highest BCUT2D eigenvalue weighted by Gasteiger charge is 2.43. The highest BCUT2D eigenvalue weighted by molar-refractivity contribution is 7.90. The van der Waals surface area contributed by atoms with E-state index in [1.165, 1.54) is 11.9 Å². The minimum Gasteiger partial charge on any atom is -0.338 e. The summed E-state index contributed by atoms with van der Waals surface area (Å²) >= 11 is 0. The van der Waals surface area contributed by atoms with Crippen LogP contribution in [-0.4, -0.2) is 105 Å². The van der Waals surface area contributed by atoms with Crippen LogP contribution in [-0.2, 0) is 16.6 Å². The van der Waals surface area contributed by atoms with Gasteiger partial charge in [0.05, 0.1) is 22.2 Å². The molecule has 0 atom stereocenters. The van der Waals surface area contributed by atoms with E-state index < -0.39 is 10.0 Å². The van der Waals surface area contributed by atoms with Crippen molar-refractivity contribution in [1.29, 1.82) is 0 Å². The molecule has 1 aromatic heterocycles. The Morgan fingerprint density at radius 2 is 1.42 bits per heavy atom. The summed E-state index contributed by atoms with van der Waals surface area (Å²) in [5, 5.41) is -0.124. The van der Waals surface area contributed by atoms with E-state index in [1.54, 1.807) is 4.31 Å². The Kier molecular flexibility index (Phi) is 8.93. The van der Waals surface area contributed by atoms with Crippen LogP contribution in [0.25, 0.3) is 0 Å². The van der Waals surface area contributed by atoms with Crippen molar-refractivity contribution in [3.8, 4) is 0 Å². The van der Waals surface area contributed by atoms with Gasteiger partial charge in [-0.25, -0.2) is 22.7 Å². The first-order valence-corrected chi connectivity index (χ1v) is 17.8. The maximum absolute atomic E-state index is 13.3. The molecule has 1 amide bonds. The van der Waals surface area contributed by atoms with Crippen LogP contribution in [0.15, 0.2) is 36.7 Å². The summed E-state index contributed by atoms with van der Waals surface area (Å²) < 4.78 is 27.5. The molecular formula is C33H48N6O3S. The fraction of sp³-hybridized carbons (Fsp3) is 0.667. The first-order chi connectivity index (χ1) is 20.7. The van der Waals surface area contributed by atoms with Crippen molar-refractivity contribution in [2.24, 2.45) is 0 Å². The van der Waals surface area contributed by atoms with Gasteiger partial charge < -0.3 is 4.90 Å². The van der Waals surface area contributed by atoms with E-state index in [0.29, 0.717) is 30.7 Å². The van der Waals surface area contributed by atoms with Crippen molar-refractivity contribution in [2.75, 3.05) is 39.3 Å². The molecule has 4 aliphatic rings. The molecular weight excluding hydrogens is 560 g/mol. The van der Waals surface area contributed by atoms with E-state index in [1.807, 2.05) is 18.7 Å².